The highest BCUT2D eigenvalue weighted by Crippen LogP contribution is 2.70. The van der Waals surface area contributed by atoms with Crippen molar-refractivity contribution in [3.8, 4) is 23.0 Å². The first-order valence-electron chi connectivity index (χ1n) is 23.5. The van der Waals surface area contributed by atoms with Gasteiger partial charge in [-0.25, -0.2) is 9.78 Å². The molecule has 11 atom stereocenters. The molecule has 1 saturated carbocycles. The van der Waals surface area contributed by atoms with Gasteiger partial charge in [0, 0.05) is 65.8 Å². The average Bonchev–Trinajstić information content (AvgIpc) is 4.02. The van der Waals surface area contributed by atoms with Gasteiger partial charge in [-0.15, -0.1) is 0 Å². The molecule has 0 unspecified atom stereocenters. The smallest absolute Gasteiger partial charge is 0.355 e. The molecule has 3 aliphatic carbocycles. The van der Waals surface area contributed by atoms with E-state index in [0.29, 0.717) is 60.8 Å². The first-order chi connectivity index (χ1) is 33.1. The molecule has 0 radical (unpaired) electrons. The third-order valence-corrected chi connectivity index (χ3v) is 15.6. The van der Waals surface area contributed by atoms with Gasteiger partial charge >= 0.3 is 11.9 Å². The summed E-state index contributed by atoms with van der Waals surface area (Å²) in [5.41, 5.74) is 1.24. The number of H-pyrrole nitrogens is 1. The summed E-state index contributed by atoms with van der Waals surface area (Å²) in [4.78, 5) is 38.4. The molecular weight excluding hydrogens is 895 g/mol. The number of aromatic amines is 1. The van der Waals surface area contributed by atoms with Gasteiger partial charge in [-0.2, -0.15) is 0 Å². The number of hydrogen-bond donors (Lipinski definition) is 12. The van der Waals surface area contributed by atoms with E-state index < -0.39 is 89.1 Å². The first-order valence-corrected chi connectivity index (χ1v) is 23.5. The van der Waals surface area contributed by atoms with Crippen LogP contribution in [0, 0.1) is 17.8 Å². The monoisotopic (exact) mass is 953 g/mol. The quantitative estimate of drug-likeness (QED) is 0.0491. The number of aliphatic hydroxyl groups excluding tert-OH is 6. The number of carboxylic acid groups (broad SMARTS) is 1. The summed E-state index contributed by atoms with van der Waals surface area (Å²) in [5.74, 6) is -9.71. The Bertz CT molecular complexity index is 2680. The zero-order valence-corrected chi connectivity index (χ0v) is 38.0. The molecule has 1 aromatic heterocycles. The van der Waals surface area contributed by atoms with Gasteiger partial charge in [0.2, 0.25) is 0 Å². The Morgan fingerprint density at radius 2 is 1.75 bits per heavy atom. The van der Waals surface area contributed by atoms with Crippen molar-refractivity contribution in [2.75, 3.05) is 24.7 Å². The molecule has 3 heterocycles. The Morgan fingerprint density at radius 1 is 0.957 bits per heavy atom. The molecule has 2 aliphatic heterocycles. The lowest BCUT2D eigenvalue weighted by atomic mass is 9.45. The number of rotatable bonds is 14. The van der Waals surface area contributed by atoms with Gasteiger partial charge in [-0.1, -0.05) is 37.1 Å². The number of anilines is 1. The molecule has 2 fully saturated rings. The van der Waals surface area contributed by atoms with Crippen molar-refractivity contribution >= 4 is 23.6 Å². The number of aryl methyl sites for hydroxylation is 2. The molecule has 1 saturated heterocycles. The molecule has 0 spiro atoms. The highest BCUT2D eigenvalue weighted by molar-refractivity contribution is 6.13. The number of aliphatic hydroxyl groups is 7. The fourth-order valence-electron chi connectivity index (χ4n) is 12.7. The van der Waals surface area contributed by atoms with Gasteiger partial charge < -0.3 is 70.6 Å². The summed E-state index contributed by atoms with van der Waals surface area (Å²) in [6.45, 7) is 0.450. The number of nitrogens with zero attached hydrogens (tertiary/aromatic N) is 2. The number of phenolic OH excluding ortho intramolecular Hbond substituents is 3. The Balaban J connectivity index is 1.24. The standard InChI is InChI=1S/C51H59N3O15/c1-2-33-34(53-25-52-33)19-29-18-26(11-15-36(29)58)12-16-41(61)54-35-21-39(68-51(67)47(64)46(63)45(62)40(24-57)69-51)38(60)20-32(35)44-43(28(7-5-17-55)22-49(44,54)48(65)66)50-30(8-4-9-31(50)23-56)14-13-27-6-3-10-37(59)42(27)50/h3,6,10-12,15-16,18,20-22,25,30-31,40,43-47,55-60,62-64,67H,2,4-5,7-9,13-14,17,19,23-24H2,1H3,(H,52,53)(H,65,66)/b16-12+/t30-,31-,40-,43-,44+,45-,46+,47-,49-,50+,51+/m1/s1. The number of carbonyl (C=O) groups excluding carboxylic acids is 1. The number of imidazole rings is 1. The molecule has 1 amide bonds. The van der Waals surface area contributed by atoms with Gasteiger partial charge in [0.15, 0.2) is 23.1 Å². The van der Waals surface area contributed by atoms with Crippen LogP contribution in [0.4, 0.5) is 5.69 Å². The molecule has 18 heteroatoms. The SMILES string of the molecule is CCc1nc[nH]c1Cc1cc(/C=C/C(=O)N2c3cc(O[C@]4(O)O[C@H](CO)[C@@H](O)[C@H](O)[C@H]4O)c(O)cc3[C@H]3[C@H]([C@@]45c6c(O)cccc6CC[C@H]4CCC[C@@H]5CO)C(CCCO)=C[C@]32C(=O)O)ccc1O. The number of hydrogen-bond acceptors (Lipinski definition) is 15. The molecular formula is C51H59N3O15. The minimum absolute atomic E-state index is 0.000827. The summed E-state index contributed by atoms with van der Waals surface area (Å²) in [7, 11) is 0. The topological polar surface area (TPSA) is 307 Å². The maximum absolute atomic E-state index is 15.3. The number of aromatic nitrogens is 2. The van der Waals surface area contributed by atoms with Crippen LogP contribution in [0.25, 0.3) is 6.08 Å². The molecule has 9 rings (SSSR count). The number of allylic oxidation sites excluding steroid dienone is 1. The lowest BCUT2D eigenvalue weighted by Gasteiger charge is -2.58. The Morgan fingerprint density at radius 3 is 2.48 bits per heavy atom. The minimum atomic E-state index is -3.21. The van der Waals surface area contributed by atoms with E-state index in [1.807, 2.05) is 13.0 Å². The van der Waals surface area contributed by atoms with E-state index in [1.54, 1.807) is 30.6 Å². The summed E-state index contributed by atoms with van der Waals surface area (Å²) in [6, 6.07) is 12.3. The van der Waals surface area contributed by atoms with Gasteiger partial charge in [0.1, 0.15) is 29.8 Å². The van der Waals surface area contributed by atoms with E-state index in [1.165, 1.54) is 30.4 Å². The Kier molecular flexibility index (Phi) is 12.9. The zero-order valence-electron chi connectivity index (χ0n) is 38.0. The lowest BCUT2D eigenvalue weighted by Crippen LogP contribution is -2.67. The second kappa shape index (κ2) is 18.5. The summed E-state index contributed by atoms with van der Waals surface area (Å²) in [6.07, 6.45) is 2.27. The average molecular weight is 954 g/mol. The predicted octanol–water partition coefficient (Wildman–Crippen LogP) is 2.77. The lowest BCUT2D eigenvalue weighted by molar-refractivity contribution is -0.422. The van der Waals surface area contributed by atoms with E-state index in [-0.39, 0.29) is 54.7 Å². The number of aromatic hydroxyl groups is 3. The number of carbonyl (C=O) groups is 2. The number of ether oxygens (including phenoxy) is 2. The molecule has 5 aliphatic rings. The maximum Gasteiger partial charge on any atom is 0.355 e. The van der Waals surface area contributed by atoms with Crippen LogP contribution >= 0.6 is 0 Å². The third-order valence-electron chi connectivity index (χ3n) is 15.6. The molecule has 3 aromatic carbocycles. The molecule has 12 N–H and O–H groups in total. The van der Waals surface area contributed by atoms with Crippen molar-refractivity contribution < 1.29 is 75.2 Å². The number of carboxylic acids is 1. The van der Waals surface area contributed by atoms with Crippen LogP contribution in [0.2, 0.25) is 0 Å². The van der Waals surface area contributed by atoms with E-state index in [2.05, 4.69) is 9.97 Å². The van der Waals surface area contributed by atoms with Gasteiger partial charge in [-0.05, 0) is 110 Å². The van der Waals surface area contributed by atoms with Crippen LogP contribution in [0.15, 0.2) is 72.6 Å². The number of fused-ring (bicyclic) bond motifs is 6. The van der Waals surface area contributed by atoms with E-state index in [9.17, 15) is 61.0 Å². The van der Waals surface area contributed by atoms with Crippen molar-refractivity contribution in [1.82, 2.24) is 9.97 Å². The summed E-state index contributed by atoms with van der Waals surface area (Å²) >= 11 is 0. The Hall–Kier alpha value is -5.83. The fraction of sp³-hybridized carbons (Fsp3) is 0.471. The van der Waals surface area contributed by atoms with Crippen molar-refractivity contribution in [3.63, 3.8) is 0 Å². The van der Waals surface area contributed by atoms with Crippen LogP contribution in [0.5, 0.6) is 23.0 Å². The second-order valence-electron chi connectivity index (χ2n) is 19.1. The van der Waals surface area contributed by atoms with Crippen LogP contribution in [-0.2, 0) is 39.0 Å². The third kappa shape index (κ3) is 7.59. The minimum Gasteiger partial charge on any atom is -0.508 e. The van der Waals surface area contributed by atoms with Crippen LogP contribution in [-0.4, -0.2) is 134 Å². The number of phenols is 3. The van der Waals surface area contributed by atoms with Gasteiger partial charge in [0.05, 0.1) is 24.3 Å². The maximum atomic E-state index is 15.3. The van der Waals surface area contributed by atoms with Crippen molar-refractivity contribution in [2.24, 2.45) is 17.8 Å². The van der Waals surface area contributed by atoms with Gasteiger partial charge in [-0.3, -0.25) is 9.69 Å². The van der Waals surface area contributed by atoms with Crippen molar-refractivity contribution in [1.29, 1.82) is 0 Å². The highest BCUT2D eigenvalue weighted by atomic mass is 16.8. The van der Waals surface area contributed by atoms with Crippen molar-refractivity contribution in [3.05, 3.63) is 112 Å². The normalized spacial score (nSPS) is 31.5. The van der Waals surface area contributed by atoms with Gasteiger partial charge in [0.25, 0.3) is 5.91 Å². The van der Waals surface area contributed by atoms with E-state index in [4.69, 9.17) is 9.47 Å². The van der Waals surface area contributed by atoms with Crippen LogP contribution in [0.1, 0.15) is 90.6 Å². The Labute approximate surface area is 397 Å². The second-order valence-corrected chi connectivity index (χ2v) is 19.1. The molecule has 18 nitrogen and oxygen atoms in total. The number of benzene rings is 3. The fourth-order valence-corrected chi connectivity index (χ4v) is 12.7. The molecule has 4 aromatic rings. The largest absolute Gasteiger partial charge is 0.508 e. The first kappa shape index (κ1) is 48.2. The summed E-state index contributed by atoms with van der Waals surface area (Å²) in [5, 5.41) is 122. The number of nitrogens with one attached hydrogen (secondary N) is 1. The predicted molar refractivity (Wildman–Crippen MR) is 246 cm³/mol. The highest BCUT2D eigenvalue weighted by Gasteiger charge is 2.71. The van der Waals surface area contributed by atoms with Crippen LogP contribution < -0.4 is 9.64 Å². The molecule has 368 valence electrons. The molecule has 69 heavy (non-hydrogen) atoms. The van der Waals surface area contributed by atoms with E-state index >= 15 is 4.79 Å². The molecule has 0 bridgehead atoms. The van der Waals surface area contributed by atoms with E-state index in [0.717, 1.165) is 34.3 Å². The zero-order chi connectivity index (χ0) is 49.2. The summed E-state index contributed by atoms with van der Waals surface area (Å²) < 4.78 is 11.1. The number of amides is 1. The van der Waals surface area contributed by atoms with Crippen molar-refractivity contribution in [2.45, 2.75) is 112 Å². The van der Waals surface area contributed by atoms with Crippen LogP contribution in [0.3, 0.4) is 0 Å². The number of aliphatic carboxylic acids is 1.